The van der Waals surface area contributed by atoms with Crippen LogP contribution in [0.3, 0.4) is 0 Å². The van der Waals surface area contributed by atoms with Gasteiger partial charge in [0.25, 0.3) is 5.56 Å². The standard InChI is InChI=1S/C22H23BrF2N4O3.C2HF3O2/c1-14-7-20(32-13-15-3-4-16(24)8-19(15)25)21(23)22(31)29(14)12-18-10-26-17(9-27-18)11-28(2)5-6-30;3-2(4,5)1(6)7/h3-4,7-10,30H,5-6,11-13H2,1-2H3;(H,6,7). The van der Waals surface area contributed by atoms with Gasteiger partial charge in [0.15, 0.2) is 0 Å². The van der Waals surface area contributed by atoms with Crippen LogP contribution >= 0.6 is 15.9 Å². The van der Waals surface area contributed by atoms with Gasteiger partial charge in [0.1, 0.15) is 28.5 Å². The Balaban J connectivity index is 0.000000673. The number of hydrogen-bond donors (Lipinski definition) is 2. The normalized spacial score (nSPS) is 11.2. The van der Waals surface area contributed by atoms with E-state index in [4.69, 9.17) is 19.7 Å². The molecule has 3 rings (SSSR count). The van der Waals surface area contributed by atoms with Gasteiger partial charge in [-0.1, -0.05) is 0 Å². The number of carboxylic acids is 1. The van der Waals surface area contributed by atoms with Gasteiger partial charge in [-0.05, 0) is 42.0 Å². The van der Waals surface area contributed by atoms with E-state index >= 15 is 0 Å². The SMILES string of the molecule is Cc1cc(OCc2ccc(F)cc2F)c(Br)c(=O)n1Cc1cnc(CN(C)CCO)cn1.O=C(O)C(F)(F)F. The van der Waals surface area contributed by atoms with Crippen LogP contribution in [-0.2, 0) is 24.5 Å². The summed E-state index contributed by atoms with van der Waals surface area (Å²) in [7, 11) is 1.88. The number of alkyl halides is 3. The summed E-state index contributed by atoms with van der Waals surface area (Å²) in [5.41, 5.74) is 1.85. The van der Waals surface area contributed by atoms with E-state index < -0.39 is 23.8 Å². The number of aliphatic hydroxyl groups excluding tert-OH is 1. The van der Waals surface area contributed by atoms with Crippen LogP contribution in [0.5, 0.6) is 5.75 Å². The monoisotopic (exact) mass is 622 g/mol. The molecule has 212 valence electrons. The molecule has 0 aliphatic rings. The molecule has 2 heterocycles. The highest BCUT2D eigenvalue weighted by molar-refractivity contribution is 9.10. The minimum absolute atomic E-state index is 0.0671. The molecule has 0 spiro atoms. The molecule has 0 radical (unpaired) electrons. The van der Waals surface area contributed by atoms with Crippen molar-refractivity contribution < 1.29 is 41.7 Å². The Hall–Kier alpha value is -3.43. The molecule has 0 aliphatic carbocycles. The van der Waals surface area contributed by atoms with Crippen LogP contribution in [0.4, 0.5) is 22.0 Å². The topological polar surface area (TPSA) is 118 Å². The van der Waals surface area contributed by atoms with Gasteiger partial charge in [0, 0.05) is 36.5 Å². The smallest absolute Gasteiger partial charge is 0.487 e. The number of halogens is 6. The molecule has 1 aromatic carbocycles. The lowest BCUT2D eigenvalue weighted by Crippen LogP contribution is -2.25. The Morgan fingerprint density at radius 3 is 2.31 bits per heavy atom. The maximum absolute atomic E-state index is 13.8. The van der Waals surface area contributed by atoms with Gasteiger partial charge in [-0.2, -0.15) is 13.2 Å². The highest BCUT2D eigenvalue weighted by Crippen LogP contribution is 2.24. The van der Waals surface area contributed by atoms with Crippen LogP contribution in [0, 0.1) is 18.6 Å². The molecule has 2 aromatic heterocycles. The molecule has 0 fully saturated rings. The number of aliphatic hydroxyl groups is 1. The number of carboxylic acid groups (broad SMARTS) is 1. The zero-order chi connectivity index (χ0) is 29.3. The Labute approximate surface area is 227 Å². The Kier molecular flexibility index (Phi) is 11.5. The summed E-state index contributed by atoms with van der Waals surface area (Å²) in [6.45, 7) is 2.98. The van der Waals surface area contributed by atoms with Crippen LogP contribution in [0.25, 0.3) is 0 Å². The van der Waals surface area contributed by atoms with Gasteiger partial charge in [0.05, 0.1) is 36.9 Å². The molecular weight excluding hydrogens is 599 g/mol. The fourth-order valence-corrected chi connectivity index (χ4v) is 3.49. The Morgan fingerprint density at radius 2 is 1.77 bits per heavy atom. The predicted octanol–water partition coefficient (Wildman–Crippen LogP) is 3.67. The van der Waals surface area contributed by atoms with E-state index in [1.165, 1.54) is 10.6 Å². The van der Waals surface area contributed by atoms with Crippen molar-refractivity contribution in [3.63, 3.8) is 0 Å². The highest BCUT2D eigenvalue weighted by Gasteiger charge is 2.38. The maximum atomic E-state index is 13.8. The number of nitrogens with zero attached hydrogens (tertiary/aromatic N) is 4. The van der Waals surface area contributed by atoms with Crippen LogP contribution in [0.15, 0.2) is 45.9 Å². The van der Waals surface area contributed by atoms with Crippen LogP contribution < -0.4 is 10.3 Å². The van der Waals surface area contributed by atoms with Crippen LogP contribution in [-0.4, -0.2) is 62.0 Å². The van der Waals surface area contributed by atoms with E-state index in [0.29, 0.717) is 24.5 Å². The van der Waals surface area contributed by atoms with Crippen molar-refractivity contribution in [2.45, 2.75) is 32.8 Å². The van der Waals surface area contributed by atoms with Crippen molar-refractivity contribution in [3.8, 4) is 5.75 Å². The Bertz CT molecular complexity index is 1340. The average molecular weight is 623 g/mol. The second-order valence-corrected chi connectivity index (χ2v) is 8.94. The summed E-state index contributed by atoms with van der Waals surface area (Å²) >= 11 is 3.26. The molecule has 0 aliphatic heterocycles. The molecular formula is C24H24BrF5N4O5. The molecule has 0 saturated heterocycles. The van der Waals surface area contributed by atoms with E-state index in [-0.39, 0.29) is 41.1 Å². The lowest BCUT2D eigenvalue weighted by atomic mass is 10.2. The molecule has 15 heteroatoms. The fourth-order valence-electron chi connectivity index (χ4n) is 3.04. The van der Waals surface area contributed by atoms with E-state index in [2.05, 4.69) is 25.9 Å². The van der Waals surface area contributed by atoms with Crippen LogP contribution in [0.2, 0.25) is 0 Å². The second kappa shape index (κ2) is 14.1. The molecule has 0 bridgehead atoms. The molecule has 0 atom stereocenters. The van der Waals surface area contributed by atoms with Crippen molar-refractivity contribution in [2.75, 3.05) is 20.2 Å². The number of rotatable bonds is 9. The van der Waals surface area contributed by atoms with Gasteiger partial charge in [-0.25, -0.2) is 13.6 Å². The summed E-state index contributed by atoms with van der Waals surface area (Å²) in [5.74, 6) is -3.87. The zero-order valence-corrected chi connectivity index (χ0v) is 22.3. The van der Waals surface area contributed by atoms with Gasteiger partial charge >= 0.3 is 12.1 Å². The number of likely N-dealkylation sites (N-methyl/N-ethyl adjacent to an activating group) is 1. The first-order valence-electron chi connectivity index (χ1n) is 11.1. The first-order valence-corrected chi connectivity index (χ1v) is 11.9. The van der Waals surface area contributed by atoms with Crippen molar-refractivity contribution in [1.82, 2.24) is 19.4 Å². The molecule has 0 unspecified atom stereocenters. The first-order chi connectivity index (χ1) is 18.2. The summed E-state index contributed by atoms with van der Waals surface area (Å²) in [6.07, 6.45) is -1.82. The van der Waals surface area contributed by atoms with E-state index in [1.807, 2.05) is 11.9 Å². The van der Waals surface area contributed by atoms with Crippen molar-refractivity contribution in [2.24, 2.45) is 0 Å². The number of hydrogen-bond acceptors (Lipinski definition) is 7. The number of ether oxygens (including phenoxy) is 1. The highest BCUT2D eigenvalue weighted by atomic mass is 79.9. The second-order valence-electron chi connectivity index (χ2n) is 8.14. The molecule has 0 saturated carbocycles. The molecule has 0 amide bonds. The summed E-state index contributed by atoms with van der Waals surface area (Å²) in [5, 5.41) is 16.1. The third-order valence-electron chi connectivity index (χ3n) is 5.05. The zero-order valence-electron chi connectivity index (χ0n) is 20.7. The minimum Gasteiger partial charge on any atom is -0.487 e. The number of benzene rings is 1. The van der Waals surface area contributed by atoms with Gasteiger partial charge < -0.3 is 19.5 Å². The largest absolute Gasteiger partial charge is 0.490 e. The lowest BCUT2D eigenvalue weighted by molar-refractivity contribution is -0.192. The van der Waals surface area contributed by atoms with Crippen LogP contribution in [0.1, 0.15) is 22.6 Å². The third-order valence-corrected chi connectivity index (χ3v) is 5.78. The van der Waals surface area contributed by atoms with Crippen molar-refractivity contribution in [1.29, 1.82) is 0 Å². The maximum Gasteiger partial charge on any atom is 0.490 e. The van der Waals surface area contributed by atoms with Gasteiger partial charge in [-0.15, -0.1) is 0 Å². The van der Waals surface area contributed by atoms with Crippen molar-refractivity contribution >= 4 is 21.9 Å². The fraction of sp³-hybridized carbons (Fsp3) is 0.333. The number of carbonyl (C=O) groups is 1. The minimum atomic E-state index is -5.08. The third kappa shape index (κ3) is 9.67. The molecule has 2 N–H and O–H groups in total. The molecule has 9 nitrogen and oxygen atoms in total. The van der Waals surface area contributed by atoms with E-state index in [0.717, 1.165) is 17.8 Å². The number of pyridine rings is 1. The Morgan fingerprint density at radius 1 is 1.15 bits per heavy atom. The van der Waals surface area contributed by atoms with Gasteiger partial charge in [0.2, 0.25) is 0 Å². The molecule has 39 heavy (non-hydrogen) atoms. The summed E-state index contributed by atoms with van der Waals surface area (Å²) in [4.78, 5) is 32.4. The molecule has 3 aromatic rings. The average Bonchev–Trinajstić information content (AvgIpc) is 2.85. The summed E-state index contributed by atoms with van der Waals surface area (Å²) < 4.78 is 66.0. The van der Waals surface area contributed by atoms with Crippen molar-refractivity contribution in [3.05, 3.63) is 85.8 Å². The summed E-state index contributed by atoms with van der Waals surface area (Å²) in [6, 6.07) is 4.90. The van der Waals surface area contributed by atoms with E-state index in [1.54, 1.807) is 25.4 Å². The predicted molar refractivity (Wildman–Crippen MR) is 132 cm³/mol. The first kappa shape index (κ1) is 31.8. The number of aliphatic carboxylic acids is 1. The quantitative estimate of drug-likeness (QED) is 0.347. The van der Waals surface area contributed by atoms with Gasteiger partial charge in [-0.3, -0.25) is 19.7 Å². The van der Waals surface area contributed by atoms with E-state index in [9.17, 15) is 26.7 Å². The number of aryl methyl sites for hydroxylation is 1. The number of aromatic nitrogens is 3. The lowest BCUT2D eigenvalue weighted by Gasteiger charge is -2.15.